The molecule has 1 N–H and O–H groups in total. The molecule has 31 heavy (non-hydrogen) atoms. The predicted molar refractivity (Wildman–Crippen MR) is 121 cm³/mol. The summed E-state index contributed by atoms with van der Waals surface area (Å²) in [5.74, 6) is -0.695. The number of rotatable bonds is 1. The van der Waals surface area contributed by atoms with Crippen molar-refractivity contribution in [1.82, 2.24) is 9.55 Å². The van der Waals surface area contributed by atoms with E-state index in [1.807, 2.05) is 0 Å². The van der Waals surface area contributed by atoms with Crippen LogP contribution in [0.1, 0.15) is 53.1 Å². The van der Waals surface area contributed by atoms with E-state index >= 15 is 0 Å². The maximum atomic E-state index is 13.4. The molecule has 0 amide bonds. The number of carbonyl (C=O) groups excluding carboxylic acids is 1. The minimum absolute atomic E-state index is 0.103. The van der Waals surface area contributed by atoms with E-state index in [0.717, 1.165) is 41.3 Å². The second-order valence-corrected chi connectivity index (χ2v) is 9.46. The van der Waals surface area contributed by atoms with Gasteiger partial charge < -0.3 is 14.4 Å². The Morgan fingerprint density at radius 2 is 1.97 bits per heavy atom. The number of aryl methyl sites for hydroxylation is 2. The smallest absolute Gasteiger partial charge is 0.343 e. The molecule has 0 fully saturated rings. The van der Waals surface area contributed by atoms with E-state index in [9.17, 15) is 14.7 Å². The number of ether oxygens (including phenoxy) is 1. The summed E-state index contributed by atoms with van der Waals surface area (Å²) < 4.78 is 6.89. The molecule has 3 aromatic rings. The van der Waals surface area contributed by atoms with Crippen LogP contribution >= 0.6 is 9.24 Å². The molecule has 1 unspecified atom stereocenters. The zero-order valence-electron chi connectivity index (χ0n) is 17.5. The fourth-order valence-electron chi connectivity index (χ4n) is 5.57. The molecule has 2 atom stereocenters. The van der Waals surface area contributed by atoms with Gasteiger partial charge in [-0.2, -0.15) is 0 Å². The van der Waals surface area contributed by atoms with Crippen LogP contribution in [0.25, 0.3) is 22.3 Å². The molecule has 6 nitrogen and oxygen atoms in total. The van der Waals surface area contributed by atoms with Gasteiger partial charge in [-0.15, -0.1) is 9.24 Å². The van der Waals surface area contributed by atoms with E-state index in [1.54, 1.807) is 17.6 Å². The first-order chi connectivity index (χ1) is 14.8. The van der Waals surface area contributed by atoms with E-state index in [2.05, 4.69) is 22.2 Å². The molecular weight excluding hydrogens is 411 g/mol. The van der Waals surface area contributed by atoms with Crippen LogP contribution in [-0.2, 0) is 41.1 Å². The summed E-state index contributed by atoms with van der Waals surface area (Å²) in [4.78, 5) is 30.8. The van der Waals surface area contributed by atoms with Gasteiger partial charge in [0, 0.05) is 16.5 Å². The summed E-state index contributed by atoms with van der Waals surface area (Å²) in [7, 11) is 2.81. The number of carbonyl (C=O) groups is 1. The Bertz CT molecular complexity index is 1410. The summed E-state index contributed by atoms with van der Waals surface area (Å²) in [6.07, 6.45) is 3.23. The summed E-state index contributed by atoms with van der Waals surface area (Å²) in [6, 6.07) is 3.89. The number of fused-ring (bicyclic) bond motifs is 5. The topological polar surface area (TPSA) is 81.4 Å². The van der Waals surface area contributed by atoms with E-state index in [-0.39, 0.29) is 18.6 Å². The average Bonchev–Trinajstić information content (AvgIpc) is 3.14. The van der Waals surface area contributed by atoms with Crippen molar-refractivity contribution in [1.29, 1.82) is 0 Å². The van der Waals surface area contributed by atoms with Gasteiger partial charge in [0.2, 0.25) is 0 Å². The Balaban J connectivity index is 1.68. The number of benzene rings is 1. The van der Waals surface area contributed by atoms with Gasteiger partial charge in [0.25, 0.3) is 5.56 Å². The van der Waals surface area contributed by atoms with Crippen molar-refractivity contribution in [3.63, 3.8) is 0 Å². The highest BCUT2D eigenvalue weighted by Gasteiger charge is 2.45. The van der Waals surface area contributed by atoms with Crippen molar-refractivity contribution in [2.24, 2.45) is 0 Å². The lowest BCUT2D eigenvalue weighted by Crippen LogP contribution is -2.44. The fraction of sp³-hybridized carbons (Fsp3) is 0.375. The van der Waals surface area contributed by atoms with Crippen molar-refractivity contribution in [2.45, 2.75) is 58.3 Å². The second-order valence-electron chi connectivity index (χ2n) is 8.84. The van der Waals surface area contributed by atoms with Crippen LogP contribution in [-0.4, -0.2) is 20.6 Å². The van der Waals surface area contributed by atoms with Gasteiger partial charge in [-0.05, 0) is 66.7 Å². The lowest BCUT2D eigenvalue weighted by atomic mass is 9.84. The number of nitrogens with zero attached hydrogens (tertiary/aromatic N) is 2. The highest BCUT2D eigenvalue weighted by atomic mass is 31.0. The van der Waals surface area contributed by atoms with Gasteiger partial charge in [-0.25, -0.2) is 9.78 Å². The molecule has 7 heteroatoms. The lowest BCUT2D eigenvalue weighted by Gasteiger charge is -2.31. The van der Waals surface area contributed by atoms with Crippen molar-refractivity contribution in [2.75, 3.05) is 0 Å². The van der Waals surface area contributed by atoms with Crippen LogP contribution in [0.5, 0.6) is 0 Å². The van der Waals surface area contributed by atoms with Crippen molar-refractivity contribution < 1.29 is 14.6 Å². The number of hydrogen-bond acceptors (Lipinski definition) is 5. The van der Waals surface area contributed by atoms with Gasteiger partial charge in [0.1, 0.15) is 6.61 Å². The Hall–Kier alpha value is -2.56. The van der Waals surface area contributed by atoms with E-state index < -0.39 is 11.6 Å². The molecule has 2 aliphatic heterocycles. The van der Waals surface area contributed by atoms with Crippen LogP contribution < -0.4 is 10.9 Å². The molecule has 0 saturated carbocycles. The number of cyclic esters (lactones) is 1. The van der Waals surface area contributed by atoms with Gasteiger partial charge >= 0.3 is 5.97 Å². The lowest BCUT2D eigenvalue weighted by molar-refractivity contribution is -0.172. The van der Waals surface area contributed by atoms with E-state index in [4.69, 9.17) is 9.72 Å². The number of hydrogen-bond donors (Lipinski definition) is 1. The zero-order valence-corrected chi connectivity index (χ0v) is 18.7. The summed E-state index contributed by atoms with van der Waals surface area (Å²) in [6.45, 7) is 4.24. The fourth-order valence-corrected chi connectivity index (χ4v) is 5.91. The van der Waals surface area contributed by atoms with Gasteiger partial charge in [-0.3, -0.25) is 4.79 Å². The van der Waals surface area contributed by atoms with E-state index in [0.29, 0.717) is 23.4 Å². The largest absolute Gasteiger partial charge is 0.458 e. The Morgan fingerprint density at radius 3 is 2.74 bits per heavy atom. The molecule has 0 bridgehead atoms. The number of pyridine rings is 2. The Kier molecular flexibility index (Phi) is 3.86. The van der Waals surface area contributed by atoms with Crippen LogP contribution in [0, 0.1) is 6.92 Å². The maximum absolute atomic E-state index is 13.4. The number of aliphatic hydroxyl groups is 1. The van der Waals surface area contributed by atoms with Crippen LogP contribution in [0.15, 0.2) is 16.9 Å². The molecule has 3 aliphatic rings. The minimum atomic E-state index is -1.80. The first-order valence-corrected chi connectivity index (χ1v) is 11.3. The third-order valence-corrected chi connectivity index (χ3v) is 7.97. The van der Waals surface area contributed by atoms with E-state index in [1.165, 1.54) is 22.1 Å². The number of esters is 1. The first-order valence-electron chi connectivity index (χ1n) is 10.8. The molecule has 1 aliphatic carbocycles. The van der Waals surface area contributed by atoms with Crippen molar-refractivity contribution >= 4 is 31.4 Å². The molecule has 2 aromatic heterocycles. The summed E-state index contributed by atoms with van der Waals surface area (Å²) in [5, 5.41) is 13.4. The molecule has 6 rings (SSSR count). The highest BCUT2D eigenvalue weighted by Crippen LogP contribution is 2.42. The van der Waals surface area contributed by atoms with Gasteiger partial charge in [0.05, 0.1) is 29.0 Å². The standard InChI is InChI=1S/C24H23N2O4P/c1-3-24(29)16-7-18-21-14(9-26(18)22(27)15(16)10-30-23(24)28)13-6-4-5-12-11(2)19(31)8-17(25-21)20(12)13/h7-8,29H,3-6,9-10,31H2,1-2H3/t24-/m0/s1. The molecule has 4 heterocycles. The zero-order chi connectivity index (χ0) is 21.7. The Labute approximate surface area is 181 Å². The monoisotopic (exact) mass is 434 g/mol. The van der Waals surface area contributed by atoms with Crippen LogP contribution in [0.3, 0.4) is 0 Å². The molecular formula is C24H23N2O4P. The molecule has 158 valence electrons. The molecule has 0 saturated heterocycles. The van der Waals surface area contributed by atoms with Crippen molar-refractivity contribution in [3.05, 3.63) is 55.9 Å². The number of aromatic nitrogens is 2. The second kappa shape index (κ2) is 6.24. The first kappa shape index (κ1) is 19.1. The molecule has 0 spiro atoms. The molecule has 1 aromatic carbocycles. The Morgan fingerprint density at radius 1 is 1.19 bits per heavy atom. The minimum Gasteiger partial charge on any atom is -0.458 e. The van der Waals surface area contributed by atoms with Gasteiger partial charge in [0.15, 0.2) is 5.60 Å². The highest BCUT2D eigenvalue weighted by molar-refractivity contribution is 7.27. The molecule has 0 radical (unpaired) electrons. The quantitative estimate of drug-likeness (QED) is 0.368. The maximum Gasteiger partial charge on any atom is 0.343 e. The summed E-state index contributed by atoms with van der Waals surface area (Å²) >= 11 is 0. The third-order valence-electron chi connectivity index (χ3n) is 7.38. The van der Waals surface area contributed by atoms with Crippen molar-refractivity contribution in [3.8, 4) is 11.4 Å². The van der Waals surface area contributed by atoms with Crippen LogP contribution in [0.4, 0.5) is 0 Å². The van der Waals surface area contributed by atoms with Crippen LogP contribution in [0.2, 0.25) is 0 Å². The van der Waals surface area contributed by atoms with Gasteiger partial charge in [-0.1, -0.05) is 6.92 Å². The normalized spacial score (nSPS) is 21.0. The third kappa shape index (κ3) is 2.32. The average molecular weight is 434 g/mol. The SMILES string of the molecule is CC[C@@]1(O)C(=O)OCc2c1cc1n(c2=O)Cc2c-1nc1cc(P)c(C)c3c1c2CCC3. The predicted octanol–water partition coefficient (Wildman–Crippen LogP) is 2.38. The summed E-state index contributed by atoms with van der Waals surface area (Å²) in [5.41, 5.74) is 6.18.